The fourth-order valence-electron chi connectivity index (χ4n) is 2.85. The molecule has 106 valence electrons. The lowest BCUT2D eigenvalue weighted by Gasteiger charge is -2.08. The molecule has 0 spiro atoms. The van der Waals surface area contributed by atoms with Gasteiger partial charge in [-0.15, -0.1) is 11.3 Å². The third kappa shape index (κ3) is 2.40. The second kappa shape index (κ2) is 5.11. The minimum Gasteiger partial charge on any atom is -0.440 e. The van der Waals surface area contributed by atoms with Crippen LogP contribution in [0.3, 0.4) is 0 Å². The normalized spacial score (nSPS) is 14.3. The first kappa shape index (κ1) is 12.8. The molecule has 0 N–H and O–H groups in total. The minimum atomic E-state index is 0.112. The van der Waals surface area contributed by atoms with Gasteiger partial charge in [0.2, 0.25) is 5.89 Å². The molecular formula is C17H15NO2S. The maximum absolute atomic E-state index is 12.4. The van der Waals surface area contributed by atoms with Gasteiger partial charge in [-0.1, -0.05) is 12.1 Å². The number of Topliss-reactive ketones (excluding diaryl/α,β-unsaturated/α-hetero) is 1. The largest absolute Gasteiger partial charge is 0.440 e. The second-order valence-corrected chi connectivity index (χ2v) is 6.58. The molecule has 4 rings (SSSR count). The Bertz CT molecular complexity index is 759. The molecule has 1 aliphatic rings. The van der Waals surface area contributed by atoms with Crippen LogP contribution >= 0.6 is 11.3 Å². The number of fused-ring (bicyclic) bond motifs is 2. The molecule has 0 atom stereocenters. The molecule has 0 unspecified atom stereocenters. The molecule has 21 heavy (non-hydrogen) atoms. The maximum atomic E-state index is 12.4. The van der Waals surface area contributed by atoms with Crippen molar-refractivity contribution in [3.63, 3.8) is 0 Å². The van der Waals surface area contributed by atoms with E-state index in [2.05, 4.69) is 11.1 Å². The minimum absolute atomic E-state index is 0.112. The number of carbonyl (C=O) groups excluding carboxylic acids is 1. The Kier molecular flexibility index (Phi) is 3.11. The predicted octanol–water partition coefficient (Wildman–Crippen LogP) is 4.19. The van der Waals surface area contributed by atoms with E-state index < -0.39 is 0 Å². The number of benzene rings is 1. The molecule has 0 saturated carbocycles. The van der Waals surface area contributed by atoms with Gasteiger partial charge in [-0.25, -0.2) is 4.98 Å². The molecule has 1 aromatic carbocycles. The fourth-order valence-corrected chi connectivity index (χ4v) is 4.04. The van der Waals surface area contributed by atoms with Crippen LogP contribution in [0.5, 0.6) is 0 Å². The number of rotatable bonds is 3. The van der Waals surface area contributed by atoms with Crippen LogP contribution in [0.4, 0.5) is 0 Å². The Morgan fingerprint density at radius 1 is 1.24 bits per heavy atom. The topological polar surface area (TPSA) is 43.1 Å². The number of carbonyl (C=O) groups is 1. The Hall–Kier alpha value is -1.94. The lowest BCUT2D eigenvalue weighted by atomic mass is 9.99. The average Bonchev–Trinajstić information content (AvgIpc) is 3.10. The zero-order valence-corrected chi connectivity index (χ0v) is 12.4. The van der Waals surface area contributed by atoms with E-state index in [0.29, 0.717) is 5.89 Å². The number of nitrogens with zero attached hydrogens (tertiary/aromatic N) is 1. The Morgan fingerprint density at radius 3 is 2.95 bits per heavy atom. The average molecular weight is 297 g/mol. The molecule has 0 radical (unpaired) electrons. The van der Waals surface area contributed by atoms with E-state index in [1.165, 1.54) is 23.3 Å². The molecule has 0 saturated heterocycles. The highest BCUT2D eigenvalue weighted by Crippen LogP contribution is 2.30. The third-order valence-electron chi connectivity index (χ3n) is 3.92. The predicted molar refractivity (Wildman–Crippen MR) is 83.0 cm³/mol. The van der Waals surface area contributed by atoms with E-state index in [0.717, 1.165) is 28.8 Å². The van der Waals surface area contributed by atoms with Gasteiger partial charge in [-0.05, 0) is 49.4 Å². The summed E-state index contributed by atoms with van der Waals surface area (Å²) in [5.41, 5.74) is 2.92. The van der Waals surface area contributed by atoms with E-state index in [-0.39, 0.29) is 12.2 Å². The van der Waals surface area contributed by atoms with Gasteiger partial charge in [-0.3, -0.25) is 4.79 Å². The lowest BCUT2D eigenvalue weighted by molar-refractivity contribution is 0.0990. The zero-order chi connectivity index (χ0) is 14.2. The smallest absolute Gasteiger partial charge is 0.203 e. The number of hydrogen-bond acceptors (Lipinski definition) is 4. The molecule has 2 aromatic heterocycles. The molecular weight excluding hydrogens is 282 g/mol. The van der Waals surface area contributed by atoms with E-state index in [9.17, 15) is 4.79 Å². The number of hydrogen-bond donors (Lipinski definition) is 0. The molecule has 0 amide bonds. The van der Waals surface area contributed by atoms with Crippen molar-refractivity contribution in [3.8, 4) is 0 Å². The van der Waals surface area contributed by atoms with Crippen LogP contribution in [0.1, 0.15) is 38.8 Å². The van der Waals surface area contributed by atoms with Crippen LogP contribution < -0.4 is 0 Å². The molecule has 0 fully saturated rings. The standard InChI is InChI=1S/C17H15NO2S/c19-13(16-9-11-5-1-4-8-15(11)21-16)10-17-18-12-6-2-3-7-14(12)20-17/h2-3,6-7,9H,1,4-5,8,10H2. The second-order valence-electron chi connectivity index (χ2n) is 5.44. The SMILES string of the molecule is O=C(Cc1nc2ccccc2o1)c1cc2c(s1)CCCC2. The number of ketones is 1. The monoisotopic (exact) mass is 297 g/mol. The van der Waals surface area contributed by atoms with Crippen molar-refractivity contribution in [1.29, 1.82) is 0 Å². The Balaban J connectivity index is 1.58. The number of thiophene rings is 1. The van der Waals surface area contributed by atoms with Crippen LogP contribution in [0.2, 0.25) is 0 Å². The highest BCUT2D eigenvalue weighted by Gasteiger charge is 2.19. The number of aromatic nitrogens is 1. The molecule has 3 aromatic rings. The summed E-state index contributed by atoms with van der Waals surface area (Å²) in [6, 6.07) is 9.68. The first-order chi connectivity index (χ1) is 10.3. The van der Waals surface area contributed by atoms with Crippen molar-refractivity contribution >= 4 is 28.2 Å². The van der Waals surface area contributed by atoms with Gasteiger partial charge in [0, 0.05) is 4.88 Å². The zero-order valence-electron chi connectivity index (χ0n) is 11.6. The summed E-state index contributed by atoms with van der Waals surface area (Å²) >= 11 is 1.65. The summed E-state index contributed by atoms with van der Waals surface area (Å²) in [4.78, 5) is 19.0. The van der Waals surface area contributed by atoms with Gasteiger partial charge in [0.15, 0.2) is 11.4 Å². The third-order valence-corrected chi connectivity index (χ3v) is 5.20. The van der Waals surface area contributed by atoms with E-state index in [4.69, 9.17) is 4.42 Å². The molecule has 3 nitrogen and oxygen atoms in total. The van der Waals surface area contributed by atoms with Crippen molar-refractivity contribution in [2.24, 2.45) is 0 Å². The molecule has 2 heterocycles. The number of aryl methyl sites for hydroxylation is 2. The van der Waals surface area contributed by atoms with Crippen LogP contribution in [0.25, 0.3) is 11.1 Å². The molecule has 1 aliphatic carbocycles. The molecule has 4 heteroatoms. The van der Waals surface area contributed by atoms with Crippen molar-refractivity contribution in [2.45, 2.75) is 32.1 Å². The highest BCUT2D eigenvalue weighted by atomic mass is 32.1. The lowest BCUT2D eigenvalue weighted by Crippen LogP contribution is -2.01. The summed E-state index contributed by atoms with van der Waals surface area (Å²) in [7, 11) is 0. The van der Waals surface area contributed by atoms with Crippen LogP contribution in [0.15, 0.2) is 34.7 Å². The van der Waals surface area contributed by atoms with Crippen molar-refractivity contribution in [1.82, 2.24) is 4.98 Å². The van der Waals surface area contributed by atoms with Crippen molar-refractivity contribution in [3.05, 3.63) is 51.5 Å². The summed E-state index contributed by atoms with van der Waals surface area (Å²) in [6.07, 6.45) is 4.96. The van der Waals surface area contributed by atoms with Gasteiger partial charge in [-0.2, -0.15) is 0 Å². The summed E-state index contributed by atoms with van der Waals surface area (Å²) in [5, 5.41) is 0. The summed E-state index contributed by atoms with van der Waals surface area (Å²) in [5.74, 6) is 0.619. The molecule has 0 aliphatic heterocycles. The van der Waals surface area contributed by atoms with Gasteiger partial charge in [0.1, 0.15) is 5.52 Å². The van der Waals surface area contributed by atoms with Gasteiger partial charge >= 0.3 is 0 Å². The van der Waals surface area contributed by atoms with Crippen molar-refractivity contribution < 1.29 is 9.21 Å². The van der Waals surface area contributed by atoms with Crippen LogP contribution in [-0.2, 0) is 19.3 Å². The van der Waals surface area contributed by atoms with E-state index in [1.54, 1.807) is 11.3 Å². The Morgan fingerprint density at radius 2 is 2.10 bits per heavy atom. The fraction of sp³-hybridized carbons (Fsp3) is 0.294. The van der Waals surface area contributed by atoms with Crippen LogP contribution in [-0.4, -0.2) is 10.8 Å². The highest BCUT2D eigenvalue weighted by molar-refractivity contribution is 7.14. The first-order valence-corrected chi connectivity index (χ1v) is 8.10. The van der Waals surface area contributed by atoms with Gasteiger partial charge in [0.05, 0.1) is 11.3 Å². The first-order valence-electron chi connectivity index (χ1n) is 7.29. The summed E-state index contributed by atoms with van der Waals surface area (Å²) in [6.45, 7) is 0. The summed E-state index contributed by atoms with van der Waals surface area (Å²) < 4.78 is 5.63. The number of para-hydroxylation sites is 2. The number of oxazole rings is 1. The van der Waals surface area contributed by atoms with E-state index in [1.807, 2.05) is 24.3 Å². The maximum Gasteiger partial charge on any atom is 0.203 e. The van der Waals surface area contributed by atoms with Gasteiger partial charge < -0.3 is 4.42 Å². The van der Waals surface area contributed by atoms with Gasteiger partial charge in [0.25, 0.3) is 0 Å². The van der Waals surface area contributed by atoms with Crippen molar-refractivity contribution in [2.75, 3.05) is 0 Å². The molecule has 0 bridgehead atoms. The quantitative estimate of drug-likeness (QED) is 0.681. The van der Waals surface area contributed by atoms with Crippen LogP contribution in [0, 0.1) is 0 Å². The van der Waals surface area contributed by atoms with E-state index >= 15 is 0 Å². The Labute approximate surface area is 126 Å².